The van der Waals surface area contributed by atoms with Crippen molar-refractivity contribution in [2.24, 2.45) is 0 Å². The summed E-state index contributed by atoms with van der Waals surface area (Å²) in [5, 5.41) is 13.5. The van der Waals surface area contributed by atoms with E-state index in [0.717, 1.165) is 18.4 Å². The van der Waals surface area contributed by atoms with Gasteiger partial charge in [0.15, 0.2) is 5.82 Å². The first-order valence-electron chi connectivity index (χ1n) is 14.7. The number of benzene rings is 3. The number of nitrogen functional groups attached to an aromatic ring is 1. The monoisotopic (exact) mass is 599 g/mol. The number of nitrogens with two attached hydrogens (primary N) is 1. The van der Waals surface area contributed by atoms with Crippen molar-refractivity contribution < 1.29 is 23.4 Å². The highest BCUT2D eigenvalue weighted by Gasteiger charge is 2.33. The van der Waals surface area contributed by atoms with Crippen LogP contribution in [0.5, 0.6) is 0 Å². The van der Waals surface area contributed by atoms with E-state index in [1.165, 1.54) is 17.0 Å². The molecule has 4 aromatic rings. The molecule has 12 heteroatoms. The van der Waals surface area contributed by atoms with Gasteiger partial charge < -0.3 is 30.7 Å². The molecular weight excluding hydrogens is 568 g/mol. The highest BCUT2D eigenvalue weighted by atomic mass is 19.1. The normalized spacial score (nSPS) is 16.7. The molecule has 10 nitrogen and oxygen atoms in total. The average molecular weight is 600 g/mol. The lowest BCUT2D eigenvalue weighted by molar-refractivity contribution is 0.0976. The highest BCUT2D eigenvalue weighted by molar-refractivity contribution is 6.09. The number of halogens is 2. The number of hydrogen-bond donors (Lipinski definition) is 3. The molecule has 7 rings (SSSR count). The standard InChI is InChI=1S/C32H31F2N7O3/c33-24-16-21(6-7-27(24)40-10-12-44-13-11-40)36-32-38-29(37-31(35)39-32)22-2-1-3-26(23(22)17-42)41-9-8-19-14-20(18-4-5-18)15-25(34)28(19)30(41)43/h1-3,6-7,14-16,18,42H,4-5,8-13,17H2,(H3,35,36,37,38,39). The summed E-state index contributed by atoms with van der Waals surface area (Å²) in [5.41, 5.74) is 9.92. The number of ether oxygens (including phenoxy) is 1. The molecule has 44 heavy (non-hydrogen) atoms. The van der Waals surface area contributed by atoms with Crippen molar-refractivity contribution in [3.63, 3.8) is 0 Å². The molecule has 0 spiro atoms. The van der Waals surface area contributed by atoms with Crippen LogP contribution in [0.1, 0.15) is 45.8 Å². The predicted molar refractivity (Wildman–Crippen MR) is 162 cm³/mol. The van der Waals surface area contributed by atoms with Gasteiger partial charge in [-0.2, -0.15) is 15.0 Å². The molecule has 3 aromatic carbocycles. The molecule has 226 valence electrons. The molecule has 3 aliphatic rings. The topological polar surface area (TPSA) is 130 Å². The molecule has 0 bridgehead atoms. The van der Waals surface area contributed by atoms with Gasteiger partial charge in [0.05, 0.1) is 36.8 Å². The molecule has 1 amide bonds. The van der Waals surface area contributed by atoms with Crippen molar-refractivity contribution in [2.45, 2.75) is 31.8 Å². The third kappa shape index (κ3) is 5.31. The number of amides is 1. The smallest absolute Gasteiger partial charge is 0.261 e. The van der Waals surface area contributed by atoms with Crippen molar-refractivity contribution in [3.05, 3.63) is 82.4 Å². The lowest BCUT2D eigenvalue weighted by Crippen LogP contribution is -2.39. The maximum Gasteiger partial charge on any atom is 0.261 e. The summed E-state index contributed by atoms with van der Waals surface area (Å²) in [6, 6.07) is 13.3. The molecule has 1 aromatic heterocycles. The number of nitrogens with zero attached hydrogens (tertiary/aromatic N) is 5. The van der Waals surface area contributed by atoms with Gasteiger partial charge in [-0.3, -0.25) is 4.79 Å². The van der Waals surface area contributed by atoms with Crippen molar-refractivity contribution in [2.75, 3.05) is 53.7 Å². The Morgan fingerprint density at radius 1 is 0.977 bits per heavy atom. The maximum atomic E-state index is 15.2. The van der Waals surface area contributed by atoms with Gasteiger partial charge in [0, 0.05) is 36.4 Å². The molecule has 0 atom stereocenters. The van der Waals surface area contributed by atoms with Gasteiger partial charge in [-0.05, 0) is 66.6 Å². The van der Waals surface area contributed by atoms with E-state index in [4.69, 9.17) is 10.5 Å². The Morgan fingerprint density at radius 2 is 1.80 bits per heavy atom. The number of fused-ring (bicyclic) bond motifs is 1. The van der Waals surface area contributed by atoms with Crippen molar-refractivity contribution in [3.8, 4) is 11.4 Å². The fourth-order valence-corrected chi connectivity index (χ4v) is 6.02. The number of anilines is 5. The molecule has 2 aliphatic heterocycles. The number of rotatable bonds is 7. The Hall–Kier alpha value is -4.68. The Balaban J connectivity index is 1.18. The van der Waals surface area contributed by atoms with Crippen LogP contribution in [0.25, 0.3) is 11.4 Å². The molecule has 1 saturated carbocycles. The van der Waals surface area contributed by atoms with E-state index in [9.17, 15) is 9.90 Å². The minimum Gasteiger partial charge on any atom is -0.392 e. The van der Waals surface area contributed by atoms with Gasteiger partial charge in [0.1, 0.15) is 11.6 Å². The van der Waals surface area contributed by atoms with Crippen molar-refractivity contribution >= 4 is 34.9 Å². The Morgan fingerprint density at radius 3 is 2.55 bits per heavy atom. The van der Waals surface area contributed by atoms with Crippen molar-refractivity contribution in [1.29, 1.82) is 0 Å². The van der Waals surface area contributed by atoms with Crippen LogP contribution in [0.15, 0.2) is 48.5 Å². The van der Waals surface area contributed by atoms with Gasteiger partial charge >= 0.3 is 0 Å². The van der Waals surface area contributed by atoms with E-state index in [1.54, 1.807) is 30.3 Å². The predicted octanol–water partition coefficient (Wildman–Crippen LogP) is 4.55. The van der Waals surface area contributed by atoms with E-state index >= 15 is 8.78 Å². The Bertz CT molecular complexity index is 1760. The fraction of sp³-hybridized carbons (Fsp3) is 0.312. The molecule has 1 saturated heterocycles. The quantitative estimate of drug-likeness (QED) is 0.280. The second kappa shape index (κ2) is 11.4. The SMILES string of the molecule is Nc1nc(Nc2ccc(N3CCOCC3)c(F)c2)nc(-c2cccc(N3CCc4cc(C5CC5)cc(F)c4C3=O)c2CO)n1. The molecule has 0 unspecified atom stereocenters. The number of nitrogens with one attached hydrogen (secondary N) is 1. The summed E-state index contributed by atoms with van der Waals surface area (Å²) < 4.78 is 35.6. The number of aromatic nitrogens is 3. The Labute approximate surface area is 252 Å². The lowest BCUT2D eigenvalue weighted by atomic mass is 9.93. The van der Waals surface area contributed by atoms with Crippen LogP contribution >= 0.6 is 0 Å². The van der Waals surface area contributed by atoms with Crippen LogP contribution in [-0.4, -0.2) is 58.8 Å². The third-order valence-corrected chi connectivity index (χ3v) is 8.36. The highest BCUT2D eigenvalue weighted by Crippen LogP contribution is 2.42. The van der Waals surface area contributed by atoms with Gasteiger partial charge in [-0.1, -0.05) is 18.2 Å². The van der Waals surface area contributed by atoms with E-state index < -0.39 is 24.1 Å². The molecule has 2 fully saturated rings. The maximum absolute atomic E-state index is 15.2. The van der Waals surface area contributed by atoms with Gasteiger partial charge in [0.2, 0.25) is 11.9 Å². The zero-order valence-electron chi connectivity index (χ0n) is 23.9. The average Bonchev–Trinajstić information content (AvgIpc) is 3.87. The summed E-state index contributed by atoms with van der Waals surface area (Å²) in [7, 11) is 0. The number of hydrogen-bond acceptors (Lipinski definition) is 9. The van der Waals surface area contributed by atoms with Crippen LogP contribution < -0.4 is 20.9 Å². The van der Waals surface area contributed by atoms with E-state index in [-0.39, 0.29) is 23.3 Å². The summed E-state index contributed by atoms with van der Waals surface area (Å²) in [4.78, 5) is 30.0. The second-order valence-corrected chi connectivity index (χ2v) is 11.2. The van der Waals surface area contributed by atoms with E-state index in [1.807, 2.05) is 11.0 Å². The van der Waals surface area contributed by atoms with Crippen LogP contribution in [0.2, 0.25) is 0 Å². The fourth-order valence-electron chi connectivity index (χ4n) is 6.02. The minimum atomic E-state index is -0.517. The first-order valence-corrected chi connectivity index (χ1v) is 14.7. The van der Waals surface area contributed by atoms with Crippen LogP contribution in [0.3, 0.4) is 0 Å². The van der Waals surface area contributed by atoms with Crippen LogP contribution in [-0.2, 0) is 17.8 Å². The number of carbonyl (C=O) groups is 1. The third-order valence-electron chi connectivity index (χ3n) is 8.36. The Kier molecular flexibility index (Phi) is 7.31. The summed E-state index contributed by atoms with van der Waals surface area (Å²) in [6.07, 6.45) is 2.57. The minimum absolute atomic E-state index is 0.0673. The first kappa shape index (κ1) is 28.1. The number of aliphatic hydroxyl groups is 1. The second-order valence-electron chi connectivity index (χ2n) is 11.2. The number of carbonyl (C=O) groups excluding carboxylic acids is 1. The molecule has 1 aliphatic carbocycles. The number of aliphatic hydroxyl groups excluding tert-OH is 1. The zero-order chi connectivity index (χ0) is 30.4. The molecule has 4 N–H and O–H groups in total. The zero-order valence-corrected chi connectivity index (χ0v) is 23.9. The summed E-state index contributed by atoms with van der Waals surface area (Å²) >= 11 is 0. The van der Waals surface area contributed by atoms with Crippen molar-refractivity contribution in [1.82, 2.24) is 15.0 Å². The lowest BCUT2D eigenvalue weighted by Gasteiger charge is -2.31. The van der Waals surface area contributed by atoms with Gasteiger partial charge in [-0.15, -0.1) is 0 Å². The molecule has 3 heterocycles. The van der Waals surface area contributed by atoms with Crippen LogP contribution in [0.4, 0.5) is 37.7 Å². The van der Waals surface area contributed by atoms with E-state index in [0.29, 0.717) is 78.9 Å². The molecular formula is C32H31F2N7O3. The first-order chi connectivity index (χ1) is 21.4. The number of morpholine rings is 1. The summed E-state index contributed by atoms with van der Waals surface area (Å²) in [6.45, 7) is 2.19. The van der Waals surface area contributed by atoms with E-state index in [2.05, 4.69) is 20.3 Å². The largest absolute Gasteiger partial charge is 0.392 e. The van der Waals surface area contributed by atoms with Gasteiger partial charge in [-0.25, -0.2) is 8.78 Å². The summed E-state index contributed by atoms with van der Waals surface area (Å²) in [5.74, 6) is -0.857. The van der Waals surface area contributed by atoms with Crippen LogP contribution in [0, 0.1) is 11.6 Å². The van der Waals surface area contributed by atoms with Gasteiger partial charge in [0.25, 0.3) is 5.91 Å². The molecule has 0 radical (unpaired) electrons.